The Bertz CT molecular complexity index is 3000. The van der Waals surface area contributed by atoms with Crippen molar-refractivity contribution < 1.29 is 28.9 Å². The molecule has 5 heterocycles. The fourth-order valence-corrected chi connectivity index (χ4v) is 9.55. The number of carbonyl (C=O) groups is 1. The molecule has 2 aliphatic heterocycles. The highest BCUT2D eigenvalue weighted by molar-refractivity contribution is 7.99. The number of benzene rings is 4. The zero-order valence-corrected chi connectivity index (χ0v) is 34.5. The van der Waals surface area contributed by atoms with Gasteiger partial charge in [-0.2, -0.15) is 0 Å². The summed E-state index contributed by atoms with van der Waals surface area (Å²) in [5, 5.41) is 28.5. The molecule has 0 spiro atoms. The lowest BCUT2D eigenvalue weighted by molar-refractivity contribution is 0.0697. The first-order chi connectivity index (χ1) is 29.0. The van der Waals surface area contributed by atoms with E-state index in [2.05, 4.69) is 24.8 Å². The molecule has 0 amide bonds. The molecule has 3 aromatic heterocycles. The maximum atomic E-state index is 12.9. The number of pyridine rings is 1. The average Bonchev–Trinajstić information content (AvgIpc) is 3.99. The van der Waals surface area contributed by atoms with Crippen LogP contribution in [0.4, 0.5) is 11.5 Å². The fraction of sp³-hybridized carbons (Fsp3) is 0.163. The number of nitrogens with zero attached hydrogens (tertiary/aromatic N) is 5. The van der Waals surface area contributed by atoms with Crippen LogP contribution in [-0.2, 0) is 6.54 Å². The number of imidazole rings is 1. The normalized spacial score (nSPS) is 12.2. The van der Waals surface area contributed by atoms with Gasteiger partial charge < -0.3 is 44.6 Å². The fourth-order valence-electron chi connectivity index (χ4n) is 7.33. The first-order valence-corrected chi connectivity index (χ1v) is 20.9. The Morgan fingerprint density at radius 3 is 2.62 bits per heavy atom. The summed E-state index contributed by atoms with van der Waals surface area (Å²) in [7, 11) is 0. The number of nitrogens with one attached hydrogen (secondary N) is 1. The Morgan fingerprint density at radius 2 is 1.83 bits per heavy atom. The molecule has 60 heavy (non-hydrogen) atoms. The number of rotatable bonds is 11. The van der Waals surface area contributed by atoms with Crippen LogP contribution in [0.5, 0.6) is 17.2 Å². The number of phenols is 1. The van der Waals surface area contributed by atoms with Gasteiger partial charge in [-0.1, -0.05) is 17.8 Å². The molecule has 0 atom stereocenters. The number of anilines is 2. The Hall–Kier alpha value is -6.69. The molecule has 1 aliphatic carbocycles. The number of aromatic carboxylic acids is 1. The van der Waals surface area contributed by atoms with E-state index in [0.717, 1.165) is 26.1 Å². The van der Waals surface area contributed by atoms with Gasteiger partial charge in [-0.15, -0.1) is 11.3 Å². The topological polar surface area (TPSA) is 191 Å². The number of nitrogen functional groups attached to an aromatic ring is 1. The molecule has 17 heteroatoms. The summed E-state index contributed by atoms with van der Waals surface area (Å²) >= 11 is 8.98. The third-order valence-electron chi connectivity index (χ3n) is 10.1. The molecule has 3 aliphatic rings. The van der Waals surface area contributed by atoms with Gasteiger partial charge in [0.2, 0.25) is 6.79 Å². The van der Waals surface area contributed by atoms with Crippen LogP contribution >= 0.6 is 35.3 Å². The van der Waals surface area contributed by atoms with Gasteiger partial charge in [0, 0.05) is 81.7 Å². The smallest absolute Gasteiger partial charge is 0.336 e. The van der Waals surface area contributed by atoms with Crippen molar-refractivity contribution in [1.29, 1.82) is 0 Å². The van der Waals surface area contributed by atoms with Crippen LogP contribution < -0.4 is 26.0 Å². The lowest BCUT2D eigenvalue weighted by Crippen LogP contribution is -2.40. The van der Waals surface area contributed by atoms with Gasteiger partial charge in [-0.25, -0.2) is 19.7 Å². The monoisotopic (exact) mass is 857 g/mol. The number of ether oxygens (including phenoxy) is 2. The third-order valence-corrected chi connectivity index (χ3v) is 12.3. The van der Waals surface area contributed by atoms with Crippen molar-refractivity contribution in [2.24, 2.45) is 0 Å². The average molecular weight is 858 g/mol. The van der Waals surface area contributed by atoms with Crippen LogP contribution in [0.2, 0.25) is 0 Å². The summed E-state index contributed by atoms with van der Waals surface area (Å²) in [6, 6.07) is 19.8. The quantitative estimate of drug-likeness (QED) is 0.0712. The van der Waals surface area contributed by atoms with Crippen LogP contribution in [0.3, 0.4) is 0 Å². The molecule has 0 radical (unpaired) electrons. The summed E-state index contributed by atoms with van der Waals surface area (Å²) in [5.41, 5.74) is 10.8. The van der Waals surface area contributed by atoms with Crippen LogP contribution in [0.25, 0.3) is 55.0 Å². The molecule has 302 valence electrons. The standard InChI is InChI=1S/C43H35N7O7S3/c1-22(2)49(42(58)47-23-4-7-26(29(16-23)41(53)54)37-27-8-5-24(51)17-32(27)57-33-18-25(52)6-9-28(33)37)13-3-14-50-31-10-11-45-39(44)38(31)48-43(50)60-36-20-35-34(55-21-56-35)19-30(36)40-46-12-15-59-40/h4-12,15-20,22,51H,3,13-14,21H2,1-2H3,(H2,44,45)(H,47,58)(H,53,54). The number of phenolic OH excluding ortho intramolecular Hbond substituents is 1. The van der Waals surface area contributed by atoms with E-state index in [1.165, 1.54) is 47.4 Å². The Kier molecular flexibility index (Phi) is 10.2. The molecule has 9 rings (SSSR count). The van der Waals surface area contributed by atoms with Crippen molar-refractivity contribution in [3.05, 3.63) is 106 Å². The Labute approximate surface area is 355 Å². The number of nitrogens with two attached hydrogens (primary N) is 1. The highest BCUT2D eigenvalue weighted by Crippen LogP contribution is 2.46. The third kappa shape index (κ3) is 7.31. The predicted octanol–water partition coefficient (Wildman–Crippen LogP) is 8.80. The molecule has 0 unspecified atom stereocenters. The van der Waals surface area contributed by atoms with E-state index in [1.807, 2.05) is 37.4 Å². The molecule has 0 fully saturated rings. The minimum atomic E-state index is -1.15. The lowest BCUT2D eigenvalue weighted by atomic mass is 9.90. The van der Waals surface area contributed by atoms with Gasteiger partial charge in [0.1, 0.15) is 27.6 Å². The van der Waals surface area contributed by atoms with Gasteiger partial charge >= 0.3 is 5.97 Å². The minimum Gasteiger partial charge on any atom is -0.508 e. The Balaban J connectivity index is 0.980. The van der Waals surface area contributed by atoms with E-state index in [-0.39, 0.29) is 35.3 Å². The van der Waals surface area contributed by atoms with Gasteiger partial charge in [0.25, 0.3) is 0 Å². The van der Waals surface area contributed by atoms with Gasteiger partial charge in [-0.05, 0) is 92.6 Å². The van der Waals surface area contributed by atoms with Crippen molar-refractivity contribution >= 4 is 79.9 Å². The SMILES string of the molecule is CC(C)N(CCCn1c(Sc2cc3c(cc2-c2nccs2)OCO3)nc2c(N)nccc21)C(=S)Nc1ccc(-c2c3ccc(=O)cc-3oc3cc(O)ccc23)c(C(=O)O)c1. The van der Waals surface area contributed by atoms with Crippen molar-refractivity contribution in [2.45, 2.75) is 42.9 Å². The second kappa shape index (κ2) is 15.8. The van der Waals surface area contributed by atoms with Crippen molar-refractivity contribution in [1.82, 2.24) is 24.4 Å². The molecule has 14 nitrogen and oxygen atoms in total. The van der Waals surface area contributed by atoms with Gasteiger partial charge in [0.05, 0.1) is 11.1 Å². The lowest BCUT2D eigenvalue weighted by Gasteiger charge is -2.30. The summed E-state index contributed by atoms with van der Waals surface area (Å²) < 4.78 is 19.5. The van der Waals surface area contributed by atoms with Gasteiger partial charge in [0.15, 0.2) is 33.0 Å². The summed E-state index contributed by atoms with van der Waals surface area (Å²) in [6.45, 7) is 5.36. The number of fused-ring (bicyclic) bond motifs is 4. The minimum absolute atomic E-state index is 0.000885. The summed E-state index contributed by atoms with van der Waals surface area (Å²) in [5.74, 6) is 0.733. The molecule has 0 saturated carbocycles. The second-order valence-corrected chi connectivity index (χ2v) is 16.5. The zero-order chi connectivity index (χ0) is 41.7. The summed E-state index contributed by atoms with van der Waals surface area (Å²) in [6.07, 6.45) is 4.11. The number of aromatic nitrogens is 4. The molecular formula is C43H35N7O7S3. The number of carboxylic acid groups (broad SMARTS) is 1. The maximum absolute atomic E-state index is 12.9. The number of aryl methyl sites for hydroxylation is 1. The van der Waals surface area contributed by atoms with Crippen LogP contribution in [0, 0.1) is 0 Å². The van der Waals surface area contributed by atoms with E-state index in [9.17, 15) is 19.8 Å². The van der Waals surface area contributed by atoms with Crippen LogP contribution in [0.15, 0.2) is 110 Å². The highest BCUT2D eigenvalue weighted by atomic mass is 32.2. The number of aromatic hydroxyl groups is 1. The molecule has 5 N–H and O–H groups in total. The predicted molar refractivity (Wildman–Crippen MR) is 236 cm³/mol. The first kappa shape index (κ1) is 38.8. The van der Waals surface area contributed by atoms with Crippen molar-refractivity contribution in [3.63, 3.8) is 0 Å². The molecular weight excluding hydrogens is 823 g/mol. The number of hydrogen-bond acceptors (Lipinski definition) is 13. The van der Waals surface area contributed by atoms with Gasteiger partial charge in [-0.3, -0.25) is 4.79 Å². The zero-order valence-electron chi connectivity index (χ0n) is 32.0. The maximum Gasteiger partial charge on any atom is 0.336 e. The second-order valence-electron chi connectivity index (χ2n) is 14.2. The Morgan fingerprint density at radius 1 is 1.02 bits per heavy atom. The van der Waals surface area contributed by atoms with E-state index in [0.29, 0.717) is 80.8 Å². The first-order valence-electron chi connectivity index (χ1n) is 18.8. The number of carboxylic acids is 1. The molecule has 6 aromatic rings. The van der Waals surface area contributed by atoms with Crippen LogP contribution in [-0.4, -0.2) is 65.1 Å². The molecule has 0 bridgehead atoms. The van der Waals surface area contributed by atoms with E-state index in [4.69, 9.17) is 36.8 Å². The van der Waals surface area contributed by atoms with Crippen molar-refractivity contribution in [3.8, 4) is 50.3 Å². The number of thiazole rings is 1. The molecule has 3 aromatic carbocycles. The largest absolute Gasteiger partial charge is 0.508 e. The highest BCUT2D eigenvalue weighted by Gasteiger charge is 2.25. The van der Waals surface area contributed by atoms with Crippen LogP contribution in [0.1, 0.15) is 30.6 Å². The van der Waals surface area contributed by atoms with E-state index < -0.39 is 5.97 Å². The summed E-state index contributed by atoms with van der Waals surface area (Å²) in [4.78, 5) is 41.9. The van der Waals surface area contributed by atoms with E-state index in [1.54, 1.807) is 42.7 Å². The van der Waals surface area contributed by atoms with E-state index >= 15 is 0 Å². The molecule has 0 saturated heterocycles. The van der Waals surface area contributed by atoms with Crippen molar-refractivity contribution in [2.75, 3.05) is 24.4 Å². The number of thiocarbonyl (C=S) groups is 1. The number of hydrogen-bond donors (Lipinski definition) is 4.